The first-order valence-corrected chi connectivity index (χ1v) is 10.4. The number of nitrogens with zero attached hydrogens (tertiary/aromatic N) is 3. The third-order valence-electron chi connectivity index (χ3n) is 5.49. The first-order chi connectivity index (χ1) is 15.2. The van der Waals surface area contributed by atoms with Crippen molar-refractivity contribution in [3.8, 4) is 11.5 Å². The number of aromatic amines is 1. The fraction of sp³-hybridized carbons (Fsp3) is 0.160. The van der Waals surface area contributed by atoms with Crippen molar-refractivity contribution in [1.29, 1.82) is 0 Å². The molecule has 31 heavy (non-hydrogen) atoms. The normalized spacial score (nSPS) is 12.1. The fourth-order valence-corrected chi connectivity index (χ4v) is 3.94. The number of pyridine rings is 1. The maximum atomic E-state index is 11.7. The van der Waals surface area contributed by atoms with Crippen molar-refractivity contribution >= 4 is 33.2 Å². The van der Waals surface area contributed by atoms with Gasteiger partial charge in [0.25, 0.3) is 0 Å². The molecule has 1 N–H and O–H groups in total. The molecule has 6 heteroatoms. The highest BCUT2D eigenvalue weighted by atomic mass is 16.3. The summed E-state index contributed by atoms with van der Waals surface area (Å²) in [4.78, 5) is 26.2. The molecule has 2 aliphatic rings. The number of hydrogen-bond donors (Lipinski definition) is 1. The summed E-state index contributed by atoms with van der Waals surface area (Å²) in [5.41, 5.74) is 3.85. The molecule has 0 atom stereocenters. The van der Waals surface area contributed by atoms with Gasteiger partial charge in [-0.05, 0) is 32.0 Å². The van der Waals surface area contributed by atoms with Crippen LogP contribution < -0.4 is 15.8 Å². The van der Waals surface area contributed by atoms with Crippen molar-refractivity contribution in [2.24, 2.45) is 4.99 Å². The zero-order valence-electron chi connectivity index (χ0n) is 17.4. The summed E-state index contributed by atoms with van der Waals surface area (Å²) in [6.07, 6.45) is 1.60. The highest BCUT2D eigenvalue weighted by molar-refractivity contribution is 5.96. The van der Waals surface area contributed by atoms with E-state index < -0.39 is 0 Å². The summed E-state index contributed by atoms with van der Waals surface area (Å²) in [7, 11) is 0. The SMILES string of the molecule is CCN(CC)c1ccc2nc3c4ccccc4c(=Nc4cc[nH]c(=O)c4)cc-3oc2c1. The van der Waals surface area contributed by atoms with Gasteiger partial charge in [-0.25, -0.2) is 9.98 Å². The van der Waals surface area contributed by atoms with Gasteiger partial charge < -0.3 is 14.3 Å². The Bertz CT molecular complexity index is 1500. The van der Waals surface area contributed by atoms with Crippen LogP contribution in [0.5, 0.6) is 0 Å². The minimum Gasteiger partial charge on any atom is -0.453 e. The number of rotatable bonds is 4. The summed E-state index contributed by atoms with van der Waals surface area (Å²) in [5.74, 6) is 0.659. The lowest BCUT2D eigenvalue weighted by Gasteiger charge is -2.21. The smallest absolute Gasteiger partial charge is 0.250 e. The Hall–Kier alpha value is -3.93. The molecule has 0 saturated heterocycles. The van der Waals surface area contributed by atoms with Crippen molar-refractivity contribution in [3.05, 3.63) is 82.6 Å². The maximum Gasteiger partial charge on any atom is 0.250 e. The predicted molar refractivity (Wildman–Crippen MR) is 124 cm³/mol. The van der Waals surface area contributed by atoms with Crippen molar-refractivity contribution in [2.75, 3.05) is 18.0 Å². The monoisotopic (exact) mass is 410 g/mol. The van der Waals surface area contributed by atoms with Gasteiger partial charge in [0.05, 0.1) is 11.0 Å². The molecule has 6 nitrogen and oxygen atoms in total. The van der Waals surface area contributed by atoms with E-state index in [-0.39, 0.29) is 5.56 Å². The summed E-state index contributed by atoms with van der Waals surface area (Å²) >= 11 is 0. The Morgan fingerprint density at radius 1 is 1.00 bits per heavy atom. The second-order valence-electron chi connectivity index (χ2n) is 7.35. The number of fused-ring (bicyclic) bond motifs is 4. The van der Waals surface area contributed by atoms with Gasteiger partial charge in [-0.15, -0.1) is 0 Å². The third-order valence-corrected chi connectivity index (χ3v) is 5.49. The average Bonchev–Trinajstić information content (AvgIpc) is 2.79. The Balaban J connectivity index is 1.81. The van der Waals surface area contributed by atoms with Crippen LogP contribution in [0.3, 0.4) is 0 Å². The Kier molecular flexibility index (Phi) is 4.75. The molecule has 0 amide bonds. The number of benzene rings is 3. The largest absolute Gasteiger partial charge is 0.453 e. The molecule has 154 valence electrons. The van der Waals surface area contributed by atoms with E-state index in [9.17, 15) is 4.79 Å². The van der Waals surface area contributed by atoms with Crippen LogP contribution in [0.1, 0.15) is 13.8 Å². The van der Waals surface area contributed by atoms with Crippen LogP contribution in [0.15, 0.2) is 81.1 Å². The lowest BCUT2D eigenvalue weighted by molar-refractivity contribution is 0.613. The van der Waals surface area contributed by atoms with Crippen molar-refractivity contribution in [1.82, 2.24) is 9.97 Å². The number of nitrogens with one attached hydrogen (secondary N) is 1. The average molecular weight is 410 g/mol. The van der Waals surface area contributed by atoms with Gasteiger partial charge >= 0.3 is 0 Å². The maximum absolute atomic E-state index is 11.7. The summed E-state index contributed by atoms with van der Waals surface area (Å²) in [5, 5.41) is 2.65. The van der Waals surface area contributed by atoms with Gasteiger partial charge in [-0.3, -0.25) is 4.79 Å². The molecule has 2 heterocycles. The number of aromatic nitrogens is 2. The molecule has 0 fully saturated rings. The van der Waals surface area contributed by atoms with Crippen LogP contribution >= 0.6 is 0 Å². The molecule has 5 rings (SSSR count). The van der Waals surface area contributed by atoms with E-state index in [1.807, 2.05) is 42.5 Å². The van der Waals surface area contributed by atoms with Crippen LogP contribution in [0, 0.1) is 0 Å². The molecule has 0 unspecified atom stereocenters. The highest BCUT2D eigenvalue weighted by Crippen LogP contribution is 2.31. The van der Waals surface area contributed by atoms with Crippen LogP contribution in [0.25, 0.3) is 33.3 Å². The van der Waals surface area contributed by atoms with Crippen LogP contribution in [0.4, 0.5) is 11.4 Å². The minimum absolute atomic E-state index is 0.187. The number of anilines is 1. The van der Waals surface area contributed by atoms with Crippen molar-refractivity contribution < 1.29 is 4.42 Å². The van der Waals surface area contributed by atoms with Gasteiger partial charge in [-0.1, -0.05) is 24.3 Å². The Labute approximate surface area is 178 Å². The van der Waals surface area contributed by atoms with Gasteiger partial charge in [0.2, 0.25) is 5.56 Å². The lowest BCUT2D eigenvalue weighted by atomic mass is 10.0. The van der Waals surface area contributed by atoms with E-state index in [0.29, 0.717) is 11.4 Å². The molecule has 1 aliphatic heterocycles. The molecule has 0 radical (unpaired) electrons. The highest BCUT2D eigenvalue weighted by Gasteiger charge is 2.15. The first kappa shape index (κ1) is 19.1. The first-order valence-electron chi connectivity index (χ1n) is 10.4. The molecule has 3 aromatic rings. The summed E-state index contributed by atoms with van der Waals surface area (Å²) in [6.45, 7) is 6.12. The van der Waals surface area contributed by atoms with E-state index in [1.54, 1.807) is 12.3 Å². The second kappa shape index (κ2) is 7.72. The number of hydrogen-bond acceptors (Lipinski definition) is 5. The predicted octanol–water partition coefficient (Wildman–Crippen LogP) is 4.85. The Morgan fingerprint density at radius 3 is 2.58 bits per heavy atom. The van der Waals surface area contributed by atoms with Crippen LogP contribution in [0.2, 0.25) is 0 Å². The number of H-pyrrole nitrogens is 1. The molecular formula is C25H22N4O2. The van der Waals surface area contributed by atoms with E-state index in [2.05, 4.69) is 29.8 Å². The Morgan fingerprint density at radius 2 is 1.81 bits per heavy atom. The molecular weight excluding hydrogens is 388 g/mol. The second-order valence-corrected chi connectivity index (χ2v) is 7.35. The van der Waals surface area contributed by atoms with Crippen LogP contribution in [-0.2, 0) is 0 Å². The van der Waals surface area contributed by atoms with Gasteiger partial charge in [-0.2, -0.15) is 0 Å². The van der Waals surface area contributed by atoms with E-state index >= 15 is 0 Å². The zero-order valence-corrected chi connectivity index (χ0v) is 17.4. The molecule has 0 bridgehead atoms. The van der Waals surface area contributed by atoms with E-state index in [4.69, 9.17) is 14.4 Å². The summed E-state index contributed by atoms with van der Waals surface area (Å²) in [6, 6.07) is 19.3. The third kappa shape index (κ3) is 3.46. The molecule has 1 aromatic heterocycles. The molecule has 2 aromatic carbocycles. The van der Waals surface area contributed by atoms with Gasteiger partial charge in [0.15, 0.2) is 11.3 Å². The minimum atomic E-state index is -0.187. The zero-order chi connectivity index (χ0) is 21.4. The standard InChI is InChI=1S/C25H22N4O2/c1-3-29(4-2)17-9-10-20-22(14-17)31-23-15-21(27-16-11-12-26-24(30)13-16)18-7-5-6-8-19(18)25(23)28-20/h5-15H,3-4H2,1-2H3,(H,26,30). The van der Waals surface area contributed by atoms with Crippen LogP contribution in [-0.4, -0.2) is 23.1 Å². The van der Waals surface area contributed by atoms with Crippen molar-refractivity contribution in [2.45, 2.75) is 13.8 Å². The van der Waals surface area contributed by atoms with Gasteiger partial charge in [0, 0.05) is 53.9 Å². The molecule has 0 spiro atoms. The quantitative estimate of drug-likeness (QED) is 0.339. The lowest BCUT2D eigenvalue weighted by Crippen LogP contribution is -2.21. The topological polar surface area (TPSA) is 74.5 Å². The van der Waals surface area contributed by atoms with E-state index in [0.717, 1.165) is 51.7 Å². The molecule has 0 saturated carbocycles. The van der Waals surface area contributed by atoms with Crippen molar-refractivity contribution in [3.63, 3.8) is 0 Å². The fourth-order valence-electron chi connectivity index (χ4n) is 3.94. The summed E-state index contributed by atoms with van der Waals surface area (Å²) < 4.78 is 6.32. The van der Waals surface area contributed by atoms with Gasteiger partial charge in [0.1, 0.15) is 11.2 Å². The van der Waals surface area contributed by atoms with E-state index in [1.165, 1.54) is 6.07 Å². The molecule has 1 aliphatic carbocycles.